The van der Waals surface area contributed by atoms with Gasteiger partial charge in [0.25, 0.3) is 0 Å². The number of hydrogen-bond acceptors (Lipinski definition) is 4. The summed E-state index contributed by atoms with van der Waals surface area (Å²) in [7, 11) is 4.20. The zero-order valence-electron chi connectivity index (χ0n) is 12.6. The van der Waals surface area contributed by atoms with Crippen molar-refractivity contribution in [3.05, 3.63) is 23.9 Å². The molecule has 2 atom stereocenters. The maximum Gasteiger partial charge on any atom is 0.335 e. The molecule has 2 rings (SSSR count). The quantitative estimate of drug-likeness (QED) is 0.909. The average Bonchev–Trinajstić information content (AvgIpc) is 2.84. The van der Waals surface area contributed by atoms with E-state index in [2.05, 4.69) is 42.7 Å². The van der Waals surface area contributed by atoms with Crippen molar-refractivity contribution >= 4 is 11.8 Å². The normalized spacial score (nSPS) is 22.8. The summed E-state index contributed by atoms with van der Waals surface area (Å²) < 4.78 is 0. The summed E-state index contributed by atoms with van der Waals surface area (Å²) in [5.74, 6) is 1.02. The first-order chi connectivity index (χ1) is 9.40. The summed E-state index contributed by atoms with van der Waals surface area (Å²) in [4.78, 5) is 19.8. The van der Waals surface area contributed by atoms with Crippen molar-refractivity contribution in [3.63, 3.8) is 0 Å². The van der Waals surface area contributed by atoms with Gasteiger partial charge >= 0.3 is 5.97 Å². The van der Waals surface area contributed by atoms with Gasteiger partial charge in [0, 0.05) is 25.3 Å². The van der Waals surface area contributed by atoms with E-state index in [4.69, 9.17) is 5.11 Å². The summed E-state index contributed by atoms with van der Waals surface area (Å²) >= 11 is 0. The molecule has 0 amide bonds. The van der Waals surface area contributed by atoms with Crippen LogP contribution in [0.3, 0.4) is 0 Å². The van der Waals surface area contributed by atoms with Gasteiger partial charge in [-0.05, 0) is 38.1 Å². The molecule has 5 heteroatoms. The van der Waals surface area contributed by atoms with Crippen LogP contribution in [0.15, 0.2) is 18.3 Å². The molecule has 2 unspecified atom stereocenters. The number of hydrogen-bond donors (Lipinski definition) is 1. The van der Waals surface area contributed by atoms with E-state index in [0.717, 1.165) is 18.9 Å². The Bertz CT molecular complexity index is 472. The van der Waals surface area contributed by atoms with E-state index in [1.54, 1.807) is 12.3 Å². The second kappa shape index (κ2) is 5.79. The predicted octanol–water partition coefficient (Wildman–Crippen LogP) is 1.80. The van der Waals surface area contributed by atoms with E-state index < -0.39 is 5.97 Å². The van der Waals surface area contributed by atoms with Crippen LogP contribution in [0.4, 0.5) is 5.82 Å². The minimum absolute atomic E-state index is 0.296. The molecule has 1 aromatic heterocycles. The number of carbonyl (C=O) groups is 1. The summed E-state index contributed by atoms with van der Waals surface area (Å²) in [6, 6.07) is 3.67. The SMILES string of the molecule is CC(C)C1CN(c2cc(C(=O)O)ccn2)CC1N(C)C. The number of likely N-dealkylation sites (N-methyl/N-ethyl adjacent to an activating group) is 1. The molecule has 1 aliphatic heterocycles. The Hall–Kier alpha value is -1.62. The van der Waals surface area contributed by atoms with Gasteiger partial charge < -0.3 is 14.9 Å². The Kier molecular flexibility index (Phi) is 4.28. The second-order valence-corrected chi connectivity index (χ2v) is 6.05. The second-order valence-electron chi connectivity index (χ2n) is 6.05. The summed E-state index contributed by atoms with van der Waals surface area (Å²) in [5.41, 5.74) is 0.296. The summed E-state index contributed by atoms with van der Waals surface area (Å²) in [6.45, 7) is 6.31. The Balaban J connectivity index is 2.22. The van der Waals surface area contributed by atoms with Gasteiger partial charge in [0.1, 0.15) is 5.82 Å². The standard InChI is InChI=1S/C15H23N3O2/c1-10(2)12-8-18(9-13(12)17(3)4)14-7-11(15(19)20)5-6-16-14/h5-7,10,12-13H,8-9H2,1-4H3,(H,19,20). The van der Waals surface area contributed by atoms with Gasteiger partial charge in [0.05, 0.1) is 5.56 Å². The molecule has 110 valence electrons. The van der Waals surface area contributed by atoms with Gasteiger partial charge in [0.2, 0.25) is 0 Å². The van der Waals surface area contributed by atoms with Gasteiger partial charge in [0.15, 0.2) is 0 Å². The van der Waals surface area contributed by atoms with Crippen LogP contribution in [-0.2, 0) is 0 Å². The Morgan fingerprint density at radius 2 is 2.15 bits per heavy atom. The van der Waals surface area contributed by atoms with Crippen LogP contribution in [0, 0.1) is 11.8 Å². The van der Waals surface area contributed by atoms with Gasteiger partial charge in [-0.2, -0.15) is 0 Å². The Morgan fingerprint density at radius 1 is 1.45 bits per heavy atom. The fourth-order valence-electron chi connectivity index (χ4n) is 2.92. The molecule has 1 N–H and O–H groups in total. The van der Waals surface area contributed by atoms with Gasteiger partial charge in [-0.25, -0.2) is 9.78 Å². The highest BCUT2D eigenvalue weighted by Crippen LogP contribution is 2.30. The lowest BCUT2D eigenvalue weighted by molar-refractivity contribution is 0.0697. The minimum Gasteiger partial charge on any atom is -0.478 e. The van der Waals surface area contributed by atoms with Crippen LogP contribution in [0.25, 0.3) is 0 Å². The van der Waals surface area contributed by atoms with Crippen LogP contribution in [-0.4, -0.2) is 54.2 Å². The van der Waals surface area contributed by atoms with Crippen LogP contribution < -0.4 is 4.90 Å². The van der Waals surface area contributed by atoms with Crippen molar-refractivity contribution in [1.29, 1.82) is 0 Å². The molecule has 0 aromatic carbocycles. The minimum atomic E-state index is -0.905. The fraction of sp³-hybridized carbons (Fsp3) is 0.600. The van der Waals surface area contributed by atoms with Crippen LogP contribution in [0.1, 0.15) is 24.2 Å². The van der Waals surface area contributed by atoms with E-state index in [9.17, 15) is 4.79 Å². The third kappa shape index (κ3) is 2.93. The van der Waals surface area contributed by atoms with Crippen molar-refractivity contribution in [1.82, 2.24) is 9.88 Å². The third-order valence-electron chi connectivity index (χ3n) is 4.17. The summed E-state index contributed by atoms with van der Waals surface area (Å²) in [5, 5.41) is 9.08. The van der Waals surface area contributed by atoms with E-state index in [0.29, 0.717) is 23.4 Å². The molecule has 1 aliphatic rings. The lowest BCUT2D eigenvalue weighted by Crippen LogP contribution is -2.37. The lowest BCUT2D eigenvalue weighted by atomic mass is 9.91. The Morgan fingerprint density at radius 3 is 2.65 bits per heavy atom. The number of carboxylic acids is 1. The number of aromatic nitrogens is 1. The zero-order valence-corrected chi connectivity index (χ0v) is 12.6. The smallest absolute Gasteiger partial charge is 0.335 e. The molecular weight excluding hydrogens is 254 g/mol. The molecule has 0 aliphatic carbocycles. The number of pyridine rings is 1. The topological polar surface area (TPSA) is 56.7 Å². The molecular formula is C15H23N3O2. The van der Waals surface area contributed by atoms with E-state index in [1.807, 2.05) is 0 Å². The van der Waals surface area contributed by atoms with E-state index in [1.165, 1.54) is 6.07 Å². The molecule has 0 radical (unpaired) electrons. The summed E-state index contributed by atoms with van der Waals surface area (Å²) in [6.07, 6.45) is 1.58. The monoisotopic (exact) mass is 277 g/mol. The van der Waals surface area contributed by atoms with Crippen molar-refractivity contribution in [3.8, 4) is 0 Å². The largest absolute Gasteiger partial charge is 0.478 e. The van der Waals surface area contributed by atoms with Crippen LogP contribution in [0.5, 0.6) is 0 Å². The number of anilines is 1. The van der Waals surface area contributed by atoms with E-state index >= 15 is 0 Å². The maximum absolute atomic E-state index is 11.1. The molecule has 1 saturated heterocycles. The number of rotatable bonds is 4. The van der Waals surface area contributed by atoms with Crippen molar-refractivity contribution in [2.45, 2.75) is 19.9 Å². The first-order valence-electron chi connectivity index (χ1n) is 7.01. The third-order valence-corrected chi connectivity index (χ3v) is 4.17. The highest BCUT2D eigenvalue weighted by molar-refractivity contribution is 5.88. The predicted molar refractivity (Wildman–Crippen MR) is 79.2 cm³/mol. The molecule has 2 heterocycles. The molecule has 1 aromatic rings. The van der Waals surface area contributed by atoms with E-state index in [-0.39, 0.29) is 0 Å². The highest BCUT2D eigenvalue weighted by atomic mass is 16.4. The van der Waals surface area contributed by atoms with Gasteiger partial charge in [-0.1, -0.05) is 13.8 Å². The molecule has 0 saturated carbocycles. The number of nitrogens with zero attached hydrogens (tertiary/aromatic N) is 3. The first-order valence-corrected chi connectivity index (χ1v) is 7.01. The van der Waals surface area contributed by atoms with Crippen molar-refractivity contribution in [2.75, 3.05) is 32.1 Å². The fourth-order valence-corrected chi connectivity index (χ4v) is 2.92. The lowest BCUT2D eigenvalue weighted by Gasteiger charge is -2.27. The Labute approximate surface area is 120 Å². The highest BCUT2D eigenvalue weighted by Gasteiger charge is 2.36. The number of aromatic carboxylic acids is 1. The van der Waals surface area contributed by atoms with Crippen LogP contribution >= 0.6 is 0 Å². The van der Waals surface area contributed by atoms with Gasteiger partial charge in [-0.15, -0.1) is 0 Å². The maximum atomic E-state index is 11.1. The molecule has 5 nitrogen and oxygen atoms in total. The first kappa shape index (κ1) is 14.8. The molecule has 0 bridgehead atoms. The molecule has 0 spiro atoms. The van der Waals surface area contributed by atoms with Crippen molar-refractivity contribution in [2.24, 2.45) is 11.8 Å². The zero-order chi connectivity index (χ0) is 14.9. The van der Waals surface area contributed by atoms with Gasteiger partial charge in [-0.3, -0.25) is 0 Å². The van der Waals surface area contributed by atoms with Crippen molar-refractivity contribution < 1.29 is 9.90 Å². The average molecular weight is 277 g/mol. The molecule has 1 fully saturated rings. The number of carboxylic acid groups (broad SMARTS) is 1. The molecule has 20 heavy (non-hydrogen) atoms. The van der Waals surface area contributed by atoms with Crippen LogP contribution in [0.2, 0.25) is 0 Å².